The third-order valence-corrected chi connectivity index (χ3v) is 5.80. The van der Waals surface area contributed by atoms with Gasteiger partial charge in [0.1, 0.15) is 0 Å². The Labute approximate surface area is 181 Å². The SMILES string of the molecule is CC(CCc1ccc(Br)cc1)NC(=O)C1CCCN(C(=O)Nc2ccccc2)C1. The zero-order valence-electron chi connectivity index (χ0n) is 16.7. The van der Waals surface area contributed by atoms with Gasteiger partial charge in [0.25, 0.3) is 0 Å². The van der Waals surface area contributed by atoms with Gasteiger partial charge < -0.3 is 15.5 Å². The summed E-state index contributed by atoms with van der Waals surface area (Å²) < 4.78 is 1.07. The molecule has 0 aromatic heterocycles. The van der Waals surface area contributed by atoms with Crippen molar-refractivity contribution in [3.8, 4) is 0 Å². The molecular weight excluding hydrogens is 430 g/mol. The van der Waals surface area contributed by atoms with Crippen LogP contribution in [0.25, 0.3) is 0 Å². The van der Waals surface area contributed by atoms with Crippen molar-refractivity contribution in [2.24, 2.45) is 5.92 Å². The molecule has 0 aliphatic carbocycles. The van der Waals surface area contributed by atoms with E-state index in [-0.39, 0.29) is 23.9 Å². The Morgan fingerprint density at radius 2 is 1.86 bits per heavy atom. The minimum absolute atomic E-state index is 0.0468. The Morgan fingerprint density at radius 1 is 1.14 bits per heavy atom. The molecule has 2 N–H and O–H groups in total. The van der Waals surface area contributed by atoms with Crippen LogP contribution in [0.4, 0.5) is 10.5 Å². The number of urea groups is 1. The molecule has 154 valence electrons. The molecule has 2 unspecified atom stereocenters. The predicted octanol–water partition coefficient (Wildman–Crippen LogP) is 4.83. The summed E-state index contributed by atoms with van der Waals surface area (Å²) in [6.07, 6.45) is 3.47. The summed E-state index contributed by atoms with van der Waals surface area (Å²) >= 11 is 3.45. The van der Waals surface area contributed by atoms with Gasteiger partial charge in [0, 0.05) is 29.3 Å². The monoisotopic (exact) mass is 457 g/mol. The molecule has 1 aliphatic rings. The number of likely N-dealkylation sites (tertiary alicyclic amines) is 1. The van der Waals surface area contributed by atoms with Gasteiger partial charge in [-0.25, -0.2) is 4.79 Å². The first-order chi connectivity index (χ1) is 14.0. The Kier molecular flexibility index (Phi) is 7.69. The maximum Gasteiger partial charge on any atom is 0.321 e. The fourth-order valence-corrected chi connectivity index (χ4v) is 3.83. The maximum absolute atomic E-state index is 12.7. The fourth-order valence-electron chi connectivity index (χ4n) is 3.57. The number of carbonyl (C=O) groups is 2. The minimum Gasteiger partial charge on any atom is -0.353 e. The van der Waals surface area contributed by atoms with Crippen molar-refractivity contribution in [2.45, 2.75) is 38.6 Å². The number of hydrogen-bond acceptors (Lipinski definition) is 2. The van der Waals surface area contributed by atoms with E-state index in [1.807, 2.05) is 49.4 Å². The van der Waals surface area contributed by atoms with Gasteiger partial charge in [-0.05, 0) is 62.4 Å². The van der Waals surface area contributed by atoms with Crippen molar-refractivity contribution in [3.05, 3.63) is 64.6 Å². The Balaban J connectivity index is 1.46. The number of rotatable bonds is 6. The van der Waals surface area contributed by atoms with E-state index in [1.54, 1.807) is 4.90 Å². The number of carbonyl (C=O) groups excluding carboxylic acids is 2. The summed E-state index contributed by atoms with van der Waals surface area (Å²) in [4.78, 5) is 27.0. The summed E-state index contributed by atoms with van der Waals surface area (Å²) in [6, 6.07) is 17.6. The van der Waals surface area contributed by atoms with Crippen molar-refractivity contribution in [3.63, 3.8) is 0 Å². The summed E-state index contributed by atoms with van der Waals surface area (Å²) in [6.45, 7) is 3.19. The van der Waals surface area contributed by atoms with Gasteiger partial charge >= 0.3 is 6.03 Å². The molecule has 0 radical (unpaired) electrons. The van der Waals surface area contributed by atoms with E-state index in [0.29, 0.717) is 13.1 Å². The van der Waals surface area contributed by atoms with Crippen LogP contribution in [0.15, 0.2) is 59.1 Å². The molecule has 0 saturated carbocycles. The molecule has 0 bridgehead atoms. The Bertz CT molecular complexity index is 811. The van der Waals surface area contributed by atoms with Gasteiger partial charge in [0.05, 0.1) is 5.92 Å². The lowest BCUT2D eigenvalue weighted by molar-refractivity contribution is -0.126. The zero-order chi connectivity index (χ0) is 20.6. The van der Waals surface area contributed by atoms with Gasteiger partial charge in [-0.3, -0.25) is 4.79 Å². The third-order valence-electron chi connectivity index (χ3n) is 5.27. The number of aryl methyl sites for hydroxylation is 1. The van der Waals surface area contributed by atoms with Crippen LogP contribution in [-0.4, -0.2) is 36.0 Å². The summed E-state index contributed by atoms with van der Waals surface area (Å²) in [5.74, 6) is -0.106. The van der Waals surface area contributed by atoms with Crippen LogP contribution in [0.5, 0.6) is 0 Å². The largest absolute Gasteiger partial charge is 0.353 e. The van der Waals surface area contributed by atoms with E-state index < -0.39 is 0 Å². The molecule has 1 aliphatic heterocycles. The number of hydrogen-bond donors (Lipinski definition) is 2. The number of nitrogens with one attached hydrogen (secondary N) is 2. The fraction of sp³-hybridized carbons (Fsp3) is 0.391. The maximum atomic E-state index is 12.7. The highest BCUT2D eigenvalue weighted by Gasteiger charge is 2.29. The van der Waals surface area contributed by atoms with Crippen LogP contribution >= 0.6 is 15.9 Å². The van der Waals surface area contributed by atoms with Crippen molar-refractivity contribution in [1.29, 1.82) is 0 Å². The molecule has 6 heteroatoms. The second-order valence-electron chi connectivity index (χ2n) is 7.66. The number of piperidine rings is 1. The van der Waals surface area contributed by atoms with Gasteiger partial charge in [-0.2, -0.15) is 0 Å². The molecule has 2 aromatic rings. The molecule has 3 amide bonds. The van der Waals surface area contributed by atoms with Crippen molar-refractivity contribution in [2.75, 3.05) is 18.4 Å². The first-order valence-corrected chi connectivity index (χ1v) is 11.0. The quantitative estimate of drug-likeness (QED) is 0.652. The molecule has 1 heterocycles. The lowest BCUT2D eigenvalue weighted by atomic mass is 9.96. The lowest BCUT2D eigenvalue weighted by Gasteiger charge is -2.32. The number of amides is 3. The molecule has 5 nitrogen and oxygen atoms in total. The Morgan fingerprint density at radius 3 is 2.59 bits per heavy atom. The predicted molar refractivity (Wildman–Crippen MR) is 120 cm³/mol. The van der Waals surface area contributed by atoms with Crippen LogP contribution in [0.1, 0.15) is 31.7 Å². The van der Waals surface area contributed by atoms with Crippen LogP contribution in [0.3, 0.4) is 0 Å². The molecule has 3 rings (SSSR count). The Hall–Kier alpha value is -2.34. The van der Waals surface area contributed by atoms with Crippen LogP contribution in [-0.2, 0) is 11.2 Å². The second-order valence-corrected chi connectivity index (χ2v) is 8.57. The van der Waals surface area contributed by atoms with E-state index in [0.717, 1.165) is 35.8 Å². The van der Waals surface area contributed by atoms with E-state index in [4.69, 9.17) is 0 Å². The van der Waals surface area contributed by atoms with E-state index in [9.17, 15) is 9.59 Å². The average Bonchev–Trinajstić information content (AvgIpc) is 2.74. The van der Waals surface area contributed by atoms with Crippen LogP contribution in [0, 0.1) is 5.92 Å². The van der Waals surface area contributed by atoms with E-state index >= 15 is 0 Å². The lowest BCUT2D eigenvalue weighted by Crippen LogP contribution is -2.48. The molecule has 1 saturated heterocycles. The van der Waals surface area contributed by atoms with Crippen LogP contribution in [0.2, 0.25) is 0 Å². The molecule has 2 atom stereocenters. The molecule has 29 heavy (non-hydrogen) atoms. The number of para-hydroxylation sites is 1. The minimum atomic E-state index is -0.152. The summed E-state index contributed by atoms with van der Waals surface area (Å²) in [5, 5.41) is 6.04. The first-order valence-electron chi connectivity index (χ1n) is 10.2. The smallest absolute Gasteiger partial charge is 0.321 e. The zero-order valence-corrected chi connectivity index (χ0v) is 18.3. The van der Waals surface area contributed by atoms with Gasteiger partial charge in [0.2, 0.25) is 5.91 Å². The molecule has 0 spiro atoms. The number of halogens is 1. The average molecular weight is 458 g/mol. The number of anilines is 1. The normalized spacial score (nSPS) is 17.4. The molecule has 2 aromatic carbocycles. The van der Waals surface area contributed by atoms with Crippen molar-refractivity contribution in [1.82, 2.24) is 10.2 Å². The van der Waals surface area contributed by atoms with Crippen molar-refractivity contribution >= 4 is 33.6 Å². The number of benzene rings is 2. The summed E-state index contributed by atoms with van der Waals surface area (Å²) in [5.41, 5.74) is 2.03. The third kappa shape index (κ3) is 6.60. The van der Waals surface area contributed by atoms with Gasteiger partial charge in [0.15, 0.2) is 0 Å². The van der Waals surface area contributed by atoms with Crippen molar-refractivity contribution < 1.29 is 9.59 Å². The highest BCUT2D eigenvalue weighted by molar-refractivity contribution is 9.10. The molecular formula is C23H28BrN3O2. The summed E-state index contributed by atoms with van der Waals surface area (Å²) in [7, 11) is 0. The highest BCUT2D eigenvalue weighted by Crippen LogP contribution is 2.19. The highest BCUT2D eigenvalue weighted by atomic mass is 79.9. The van der Waals surface area contributed by atoms with E-state index in [1.165, 1.54) is 5.56 Å². The van der Waals surface area contributed by atoms with Crippen LogP contribution < -0.4 is 10.6 Å². The van der Waals surface area contributed by atoms with Gasteiger partial charge in [-0.1, -0.05) is 46.3 Å². The standard InChI is InChI=1S/C23H28BrN3O2/c1-17(9-10-18-11-13-20(24)14-12-18)25-22(28)19-6-5-15-27(16-19)23(29)26-21-7-3-2-4-8-21/h2-4,7-8,11-14,17,19H,5-6,9-10,15-16H2,1H3,(H,25,28)(H,26,29). The topological polar surface area (TPSA) is 61.4 Å². The molecule has 1 fully saturated rings. The van der Waals surface area contributed by atoms with E-state index in [2.05, 4.69) is 38.7 Å². The van der Waals surface area contributed by atoms with Gasteiger partial charge in [-0.15, -0.1) is 0 Å². The number of nitrogens with zero attached hydrogens (tertiary/aromatic N) is 1. The second kappa shape index (κ2) is 10.4. The first kappa shape index (κ1) is 21.4.